The SMILES string of the molecule is Cc1ccc2[nH]ccc2c1-c1c(C(=O)O)[nH]c(-c2cccc3[nH]ccc23)c1C(C)C. The Bertz CT molecular complexity index is 1420. The number of fused-ring (bicyclic) bond motifs is 2. The zero-order valence-electron chi connectivity index (χ0n) is 17.1. The number of nitrogens with one attached hydrogen (secondary N) is 3. The van der Waals surface area contributed by atoms with Crippen molar-refractivity contribution in [1.29, 1.82) is 0 Å². The van der Waals surface area contributed by atoms with Gasteiger partial charge >= 0.3 is 5.97 Å². The monoisotopic (exact) mass is 397 g/mol. The van der Waals surface area contributed by atoms with Gasteiger partial charge in [-0.05, 0) is 53.8 Å². The molecule has 4 N–H and O–H groups in total. The number of aromatic carboxylic acids is 1. The second-order valence-corrected chi connectivity index (χ2v) is 8.06. The summed E-state index contributed by atoms with van der Waals surface area (Å²) in [7, 11) is 0. The van der Waals surface area contributed by atoms with E-state index in [1.54, 1.807) is 0 Å². The number of aryl methyl sites for hydroxylation is 1. The Kier molecular flexibility index (Phi) is 4.07. The van der Waals surface area contributed by atoms with Gasteiger partial charge in [0.05, 0.1) is 5.69 Å². The van der Waals surface area contributed by atoms with Crippen molar-refractivity contribution in [2.75, 3.05) is 0 Å². The minimum atomic E-state index is -0.952. The fraction of sp³-hybridized carbons (Fsp3) is 0.160. The van der Waals surface area contributed by atoms with E-state index in [0.717, 1.165) is 55.3 Å². The number of aromatic nitrogens is 3. The van der Waals surface area contributed by atoms with Crippen LogP contribution in [0.25, 0.3) is 44.2 Å². The topological polar surface area (TPSA) is 84.7 Å². The van der Waals surface area contributed by atoms with Gasteiger partial charge in [-0.2, -0.15) is 0 Å². The first-order valence-corrected chi connectivity index (χ1v) is 10.1. The van der Waals surface area contributed by atoms with Crippen LogP contribution >= 0.6 is 0 Å². The molecular formula is C25H23N3O2. The first-order chi connectivity index (χ1) is 14.5. The van der Waals surface area contributed by atoms with E-state index in [2.05, 4.69) is 28.8 Å². The lowest BCUT2D eigenvalue weighted by Crippen LogP contribution is -2.01. The van der Waals surface area contributed by atoms with Gasteiger partial charge in [0, 0.05) is 45.3 Å². The standard InChI is InChI=1S/C25H23N3O2/c1-13(2)20-22(21-14(3)7-8-19-17(21)10-12-27-19)24(25(29)30)28-23(20)16-5-4-6-18-15(16)9-11-26-18/h4-13,26-28H,1-3H3,(H,29,30). The molecule has 3 aromatic heterocycles. The molecule has 5 nitrogen and oxygen atoms in total. The van der Waals surface area contributed by atoms with Crippen LogP contribution in [0.1, 0.15) is 41.4 Å². The van der Waals surface area contributed by atoms with Gasteiger partial charge in [-0.25, -0.2) is 4.79 Å². The Morgan fingerprint density at radius 3 is 2.30 bits per heavy atom. The number of H-pyrrole nitrogens is 3. The van der Waals surface area contributed by atoms with E-state index in [1.807, 2.05) is 61.8 Å². The minimum absolute atomic E-state index is 0.127. The predicted octanol–water partition coefficient (Wildman–Crippen LogP) is 6.44. The van der Waals surface area contributed by atoms with E-state index in [1.165, 1.54) is 0 Å². The van der Waals surface area contributed by atoms with Gasteiger partial charge in [0.25, 0.3) is 0 Å². The van der Waals surface area contributed by atoms with Crippen LogP contribution in [-0.2, 0) is 0 Å². The number of benzene rings is 2. The molecule has 5 aromatic rings. The van der Waals surface area contributed by atoms with Gasteiger partial charge in [-0.3, -0.25) is 0 Å². The molecule has 0 atom stereocenters. The molecule has 5 rings (SSSR count). The fourth-order valence-electron chi connectivity index (χ4n) is 4.60. The maximum atomic E-state index is 12.4. The molecular weight excluding hydrogens is 374 g/mol. The van der Waals surface area contributed by atoms with Crippen molar-refractivity contribution in [2.24, 2.45) is 0 Å². The first kappa shape index (κ1) is 18.3. The lowest BCUT2D eigenvalue weighted by molar-refractivity contribution is 0.0692. The number of aromatic amines is 3. The van der Waals surface area contributed by atoms with Gasteiger partial charge in [0.1, 0.15) is 5.69 Å². The lowest BCUT2D eigenvalue weighted by Gasteiger charge is -2.15. The molecule has 0 radical (unpaired) electrons. The maximum Gasteiger partial charge on any atom is 0.352 e. The summed E-state index contributed by atoms with van der Waals surface area (Å²) in [6, 6.07) is 14.2. The van der Waals surface area contributed by atoms with Crippen molar-refractivity contribution in [3.63, 3.8) is 0 Å². The Morgan fingerprint density at radius 2 is 1.60 bits per heavy atom. The highest BCUT2D eigenvalue weighted by Gasteiger charge is 2.28. The summed E-state index contributed by atoms with van der Waals surface area (Å²) in [6.45, 7) is 6.27. The predicted molar refractivity (Wildman–Crippen MR) is 121 cm³/mol. The number of hydrogen-bond acceptors (Lipinski definition) is 1. The summed E-state index contributed by atoms with van der Waals surface area (Å²) < 4.78 is 0. The summed E-state index contributed by atoms with van der Waals surface area (Å²) in [5.41, 5.74) is 7.96. The third-order valence-electron chi connectivity index (χ3n) is 5.89. The normalized spacial score (nSPS) is 11.7. The van der Waals surface area contributed by atoms with E-state index in [9.17, 15) is 9.90 Å². The van der Waals surface area contributed by atoms with Crippen molar-refractivity contribution in [3.05, 3.63) is 71.7 Å². The van der Waals surface area contributed by atoms with Crippen LogP contribution in [0.4, 0.5) is 0 Å². The number of hydrogen-bond donors (Lipinski definition) is 4. The van der Waals surface area contributed by atoms with Crippen LogP contribution in [0.15, 0.2) is 54.9 Å². The Balaban J connectivity index is 1.93. The van der Waals surface area contributed by atoms with Crippen molar-refractivity contribution in [1.82, 2.24) is 15.0 Å². The van der Waals surface area contributed by atoms with E-state index in [4.69, 9.17) is 0 Å². The first-order valence-electron chi connectivity index (χ1n) is 10.1. The molecule has 30 heavy (non-hydrogen) atoms. The number of carboxylic acid groups (broad SMARTS) is 1. The van der Waals surface area contributed by atoms with Crippen LogP contribution in [0.5, 0.6) is 0 Å². The summed E-state index contributed by atoms with van der Waals surface area (Å²) in [4.78, 5) is 22.2. The Labute approximate surface area is 173 Å². The summed E-state index contributed by atoms with van der Waals surface area (Å²) in [5.74, 6) is -0.825. The van der Waals surface area contributed by atoms with Crippen molar-refractivity contribution < 1.29 is 9.90 Å². The summed E-state index contributed by atoms with van der Waals surface area (Å²) in [5, 5.41) is 12.2. The van der Waals surface area contributed by atoms with E-state index < -0.39 is 5.97 Å². The third-order valence-corrected chi connectivity index (χ3v) is 5.89. The van der Waals surface area contributed by atoms with Gasteiger partial charge in [0.2, 0.25) is 0 Å². The van der Waals surface area contributed by atoms with Crippen LogP contribution < -0.4 is 0 Å². The quantitative estimate of drug-likeness (QED) is 0.281. The van der Waals surface area contributed by atoms with Crippen LogP contribution in [0, 0.1) is 6.92 Å². The highest BCUT2D eigenvalue weighted by molar-refractivity contribution is 6.07. The van der Waals surface area contributed by atoms with Gasteiger partial charge in [-0.15, -0.1) is 0 Å². The fourth-order valence-corrected chi connectivity index (χ4v) is 4.60. The van der Waals surface area contributed by atoms with Crippen LogP contribution in [0.2, 0.25) is 0 Å². The largest absolute Gasteiger partial charge is 0.477 e. The van der Waals surface area contributed by atoms with Crippen molar-refractivity contribution in [3.8, 4) is 22.4 Å². The second-order valence-electron chi connectivity index (χ2n) is 8.06. The maximum absolute atomic E-state index is 12.4. The lowest BCUT2D eigenvalue weighted by atomic mass is 9.87. The Morgan fingerprint density at radius 1 is 0.900 bits per heavy atom. The van der Waals surface area contributed by atoms with Gasteiger partial charge < -0.3 is 20.1 Å². The third kappa shape index (κ3) is 2.59. The zero-order chi connectivity index (χ0) is 21.0. The molecule has 0 amide bonds. The molecule has 0 unspecified atom stereocenters. The number of carboxylic acids is 1. The van der Waals surface area contributed by atoms with Crippen LogP contribution in [-0.4, -0.2) is 26.0 Å². The molecule has 0 saturated carbocycles. The number of rotatable bonds is 4. The highest BCUT2D eigenvalue weighted by Crippen LogP contribution is 2.44. The van der Waals surface area contributed by atoms with Crippen LogP contribution in [0.3, 0.4) is 0 Å². The molecule has 0 aliphatic rings. The zero-order valence-corrected chi connectivity index (χ0v) is 17.1. The molecule has 3 heterocycles. The Hall–Kier alpha value is -3.73. The molecule has 0 saturated heterocycles. The molecule has 0 spiro atoms. The average molecular weight is 397 g/mol. The summed E-state index contributed by atoms with van der Waals surface area (Å²) in [6.07, 6.45) is 3.81. The second kappa shape index (κ2) is 6.66. The highest BCUT2D eigenvalue weighted by atomic mass is 16.4. The molecule has 0 fully saturated rings. The smallest absolute Gasteiger partial charge is 0.352 e. The van der Waals surface area contributed by atoms with E-state index >= 15 is 0 Å². The average Bonchev–Trinajstić information content (AvgIpc) is 3.44. The summed E-state index contributed by atoms with van der Waals surface area (Å²) >= 11 is 0. The van der Waals surface area contributed by atoms with Crippen molar-refractivity contribution >= 4 is 27.8 Å². The molecule has 0 aliphatic carbocycles. The molecule has 150 valence electrons. The molecule has 0 bridgehead atoms. The van der Waals surface area contributed by atoms with Gasteiger partial charge in [0.15, 0.2) is 0 Å². The molecule has 2 aromatic carbocycles. The van der Waals surface area contributed by atoms with Gasteiger partial charge in [-0.1, -0.05) is 32.0 Å². The van der Waals surface area contributed by atoms with E-state index in [0.29, 0.717) is 0 Å². The molecule has 5 heteroatoms. The minimum Gasteiger partial charge on any atom is -0.477 e. The molecule has 0 aliphatic heterocycles. The van der Waals surface area contributed by atoms with Crippen molar-refractivity contribution in [2.45, 2.75) is 26.7 Å². The van der Waals surface area contributed by atoms with E-state index in [-0.39, 0.29) is 11.6 Å². The number of carbonyl (C=O) groups is 1.